The first-order valence-electron chi connectivity index (χ1n) is 9.03. The highest BCUT2D eigenvalue weighted by Gasteiger charge is 2.15. The first-order chi connectivity index (χ1) is 13.1. The average molecular weight is 379 g/mol. The highest BCUT2D eigenvalue weighted by Crippen LogP contribution is 2.23. The molecular weight excluding hydrogens is 356 g/mol. The van der Waals surface area contributed by atoms with E-state index < -0.39 is 0 Å². The summed E-state index contributed by atoms with van der Waals surface area (Å²) in [4.78, 5) is 22.4. The Morgan fingerprint density at radius 1 is 1.22 bits per heavy atom. The lowest BCUT2D eigenvalue weighted by molar-refractivity contribution is -0.116. The van der Waals surface area contributed by atoms with Crippen LogP contribution >= 0.6 is 11.8 Å². The van der Waals surface area contributed by atoms with E-state index in [0.717, 1.165) is 33.7 Å². The number of nitrogens with one attached hydrogen (secondary N) is 1. The molecule has 4 aromatic rings. The first kappa shape index (κ1) is 17.7. The van der Waals surface area contributed by atoms with E-state index in [4.69, 9.17) is 0 Å². The molecule has 0 aliphatic rings. The third kappa shape index (κ3) is 3.71. The Bertz CT molecular complexity index is 1100. The zero-order chi connectivity index (χ0) is 18.8. The van der Waals surface area contributed by atoms with Crippen LogP contribution in [0.15, 0.2) is 55.0 Å². The van der Waals surface area contributed by atoms with Gasteiger partial charge in [-0.25, -0.2) is 4.98 Å². The fourth-order valence-electron chi connectivity index (χ4n) is 3.26. The maximum atomic E-state index is 12.7. The zero-order valence-electron chi connectivity index (χ0n) is 15.5. The number of anilines is 1. The number of carbonyl (C=O) groups is 1. The maximum absolute atomic E-state index is 12.7. The van der Waals surface area contributed by atoms with E-state index >= 15 is 0 Å². The van der Waals surface area contributed by atoms with Crippen molar-refractivity contribution in [2.24, 2.45) is 0 Å². The molecule has 3 aromatic heterocycles. The number of hydrogen-bond acceptors (Lipinski definition) is 3. The molecule has 0 radical (unpaired) electrons. The highest BCUT2D eigenvalue weighted by atomic mass is 32.2. The van der Waals surface area contributed by atoms with Gasteiger partial charge in [-0.2, -0.15) is 0 Å². The second kappa shape index (κ2) is 7.48. The molecular formula is C21H22N4OS. The standard InChI is InChI=1S/C21H22N4OS/c1-3-25(18-5-6-19-16(10-18)8-9-22-19)21(26)14-27-13-17-12-24-11-15(2)4-7-20(24)23-17/h4-12,22H,3,13-14H2,1-2H3. The Labute approximate surface area is 162 Å². The quantitative estimate of drug-likeness (QED) is 0.541. The van der Waals surface area contributed by atoms with Crippen LogP contribution in [0.25, 0.3) is 16.6 Å². The SMILES string of the molecule is CCN(C(=O)CSCc1cn2cc(C)ccc2n1)c1ccc2[nH]ccc2c1. The van der Waals surface area contributed by atoms with Gasteiger partial charge in [0.2, 0.25) is 5.91 Å². The lowest BCUT2D eigenvalue weighted by atomic mass is 10.2. The molecule has 138 valence electrons. The van der Waals surface area contributed by atoms with E-state index in [1.165, 1.54) is 5.56 Å². The molecule has 0 saturated carbocycles. The predicted octanol–water partition coefficient (Wildman–Crippen LogP) is 4.41. The van der Waals surface area contributed by atoms with Gasteiger partial charge in [0.25, 0.3) is 0 Å². The van der Waals surface area contributed by atoms with E-state index in [0.29, 0.717) is 12.3 Å². The van der Waals surface area contributed by atoms with E-state index in [9.17, 15) is 4.79 Å². The van der Waals surface area contributed by atoms with Gasteiger partial charge in [-0.15, -0.1) is 11.8 Å². The van der Waals surface area contributed by atoms with Crippen molar-refractivity contribution >= 4 is 39.9 Å². The minimum Gasteiger partial charge on any atom is -0.361 e. The molecule has 0 saturated heterocycles. The van der Waals surface area contributed by atoms with Crippen molar-refractivity contribution < 1.29 is 4.79 Å². The summed E-state index contributed by atoms with van der Waals surface area (Å²) in [5.41, 5.74) is 5.16. The van der Waals surface area contributed by atoms with Gasteiger partial charge in [0, 0.05) is 47.5 Å². The van der Waals surface area contributed by atoms with Crippen LogP contribution in [0.5, 0.6) is 0 Å². The number of thioether (sulfide) groups is 1. The van der Waals surface area contributed by atoms with Crippen LogP contribution in [0.4, 0.5) is 5.69 Å². The molecule has 5 nitrogen and oxygen atoms in total. The van der Waals surface area contributed by atoms with Gasteiger partial charge < -0.3 is 14.3 Å². The van der Waals surface area contributed by atoms with Crippen molar-refractivity contribution in [1.82, 2.24) is 14.4 Å². The van der Waals surface area contributed by atoms with E-state index in [-0.39, 0.29) is 5.91 Å². The third-order valence-corrected chi connectivity index (χ3v) is 5.54. The summed E-state index contributed by atoms with van der Waals surface area (Å²) in [6.45, 7) is 4.73. The summed E-state index contributed by atoms with van der Waals surface area (Å²) >= 11 is 1.60. The molecule has 4 rings (SSSR count). The molecule has 0 unspecified atom stereocenters. The summed E-state index contributed by atoms with van der Waals surface area (Å²) in [7, 11) is 0. The molecule has 0 aliphatic carbocycles. The van der Waals surface area contributed by atoms with Gasteiger partial charge in [-0.3, -0.25) is 4.79 Å². The summed E-state index contributed by atoms with van der Waals surface area (Å²) in [6, 6.07) is 12.2. The number of aromatic amines is 1. The molecule has 0 bridgehead atoms. The summed E-state index contributed by atoms with van der Waals surface area (Å²) < 4.78 is 2.04. The topological polar surface area (TPSA) is 53.4 Å². The molecule has 0 fully saturated rings. The lowest BCUT2D eigenvalue weighted by Crippen LogP contribution is -2.32. The lowest BCUT2D eigenvalue weighted by Gasteiger charge is -2.21. The molecule has 1 amide bonds. The van der Waals surface area contributed by atoms with Crippen molar-refractivity contribution in [2.45, 2.75) is 19.6 Å². The largest absolute Gasteiger partial charge is 0.361 e. The zero-order valence-corrected chi connectivity index (χ0v) is 16.3. The average Bonchev–Trinajstić information content (AvgIpc) is 3.27. The smallest absolute Gasteiger partial charge is 0.236 e. The predicted molar refractivity (Wildman–Crippen MR) is 112 cm³/mol. The molecule has 0 spiro atoms. The van der Waals surface area contributed by atoms with Crippen molar-refractivity contribution in [3.05, 3.63) is 66.2 Å². The number of amides is 1. The monoisotopic (exact) mass is 378 g/mol. The van der Waals surface area contributed by atoms with Gasteiger partial charge in [-0.05, 0) is 49.7 Å². The number of benzene rings is 1. The Morgan fingerprint density at radius 3 is 2.96 bits per heavy atom. The van der Waals surface area contributed by atoms with Crippen molar-refractivity contribution in [3.63, 3.8) is 0 Å². The Balaban J connectivity index is 1.40. The van der Waals surface area contributed by atoms with Crippen LogP contribution in [-0.2, 0) is 10.5 Å². The summed E-state index contributed by atoms with van der Waals surface area (Å²) in [5.74, 6) is 1.28. The normalized spacial score (nSPS) is 11.3. The number of hydrogen-bond donors (Lipinski definition) is 1. The van der Waals surface area contributed by atoms with Crippen LogP contribution in [0.2, 0.25) is 0 Å². The van der Waals surface area contributed by atoms with Gasteiger partial charge in [0.1, 0.15) is 5.65 Å². The number of rotatable bonds is 6. The molecule has 1 aromatic carbocycles. The Kier molecular flexibility index (Phi) is 4.90. The number of pyridine rings is 1. The minimum absolute atomic E-state index is 0.122. The van der Waals surface area contributed by atoms with E-state index in [1.54, 1.807) is 11.8 Å². The van der Waals surface area contributed by atoms with E-state index in [1.807, 2.05) is 52.9 Å². The van der Waals surface area contributed by atoms with Crippen LogP contribution in [0.1, 0.15) is 18.2 Å². The summed E-state index contributed by atoms with van der Waals surface area (Å²) in [5, 5.41) is 1.12. The molecule has 27 heavy (non-hydrogen) atoms. The number of aryl methyl sites for hydroxylation is 1. The molecule has 1 N–H and O–H groups in total. The number of nitrogens with zero attached hydrogens (tertiary/aromatic N) is 3. The Hall–Kier alpha value is -2.73. The molecule has 3 heterocycles. The number of fused-ring (bicyclic) bond motifs is 2. The van der Waals surface area contributed by atoms with Gasteiger partial charge >= 0.3 is 0 Å². The van der Waals surface area contributed by atoms with E-state index in [2.05, 4.69) is 35.2 Å². The van der Waals surface area contributed by atoms with Crippen LogP contribution < -0.4 is 4.90 Å². The first-order valence-corrected chi connectivity index (χ1v) is 10.2. The van der Waals surface area contributed by atoms with Gasteiger partial charge in [0.15, 0.2) is 0 Å². The highest BCUT2D eigenvalue weighted by molar-refractivity contribution is 7.99. The van der Waals surface area contributed by atoms with Crippen molar-refractivity contribution in [3.8, 4) is 0 Å². The number of imidazole rings is 1. The maximum Gasteiger partial charge on any atom is 0.236 e. The summed E-state index contributed by atoms with van der Waals surface area (Å²) in [6.07, 6.45) is 6.02. The third-order valence-electron chi connectivity index (χ3n) is 4.59. The Morgan fingerprint density at radius 2 is 2.11 bits per heavy atom. The number of aromatic nitrogens is 3. The van der Waals surface area contributed by atoms with Crippen LogP contribution in [0, 0.1) is 6.92 Å². The minimum atomic E-state index is 0.122. The van der Waals surface area contributed by atoms with Crippen molar-refractivity contribution in [1.29, 1.82) is 0 Å². The van der Waals surface area contributed by atoms with Crippen LogP contribution in [0.3, 0.4) is 0 Å². The second-order valence-corrected chi connectivity index (χ2v) is 7.57. The number of H-pyrrole nitrogens is 1. The van der Waals surface area contributed by atoms with Crippen molar-refractivity contribution in [2.75, 3.05) is 17.2 Å². The molecule has 0 atom stereocenters. The second-order valence-electron chi connectivity index (χ2n) is 6.58. The van der Waals surface area contributed by atoms with Gasteiger partial charge in [-0.1, -0.05) is 6.07 Å². The van der Waals surface area contributed by atoms with Crippen LogP contribution in [-0.4, -0.2) is 32.6 Å². The van der Waals surface area contributed by atoms with Gasteiger partial charge in [0.05, 0.1) is 11.4 Å². The number of carbonyl (C=O) groups excluding carboxylic acids is 1. The molecule has 0 aliphatic heterocycles. The fraction of sp³-hybridized carbons (Fsp3) is 0.238. The fourth-order valence-corrected chi connectivity index (χ4v) is 4.04. The molecule has 6 heteroatoms.